The molecule has 0 aromatic heterocycles. The molecular formula is C6H13F2N3O3S. The fourth-order valence-electron chi connectivity index (χ4n) is 0.818. The smallest absolute Gasteiger partial charge is 0.350 e. The fraction of sp³-hybridized carbons (Fsp3) is 0.833. The summed E-state index contributed by atoms with van der Waals surface area (Å²) in [6, 6.07) is 0. The summed E-state index contributed by atoms with van der Waals surface area (Å²) in [7, 11) is -3.60. The van der Waals surface area contributed by atoms with Crippen LogP contribution in [0.1, 0.15) is 6.92 Å². The van der Waals surface area contributed by atoms with Crippen molar-refractivity contribution in [2.45, 2.75) is 12.7 Å². The monoisotopic (exact) mass is 245 g/mol. The summed E-state index contributed by atoms with van der Waals surface area (Å²) in [6.45, 7) is 1.18. The number of amidine groups is 1. The third kappa shape index (κ3) is 3.59. The van der Waals surface area contributed by atoms with E-state index in [4.69, 9.17) is 10.9 Å². The normalized spacial score (nSPS) is 16.0. The van der Waals surface area contributed by atoms with E-state index in [2.05, 4.69) is 5.16 Å². The Morgan fingerprint density at radius 2 is 2.07 bits per heavy atom. The van der Waals surface area contributed by atoms with Gasteiger partial charge in [-0.2, -0.15) is 13.1 Å². The molecule has 0 fully saturated rings. The van der Waals surface area contributed by atoms with Crippen LogP contribution in [0.15, 0.2) is 5.16 Å². The van der Waals surface area contributed by atoms with Gasteiger partial charge < -0.3 is 10.9 Å². The molecule has 0 aliphatic heterocycles. The summed E-state index contributed by atoms with van der Waals surface area (Å²) in [5.41, 5.74) is 5.18. The van der Waals surface area contributed by atoms with Crippen molar-refractivity contribution < 1.29 is 22.4 Å². The zero-order valence-electron chi connectivity index (χ0n) is 8.26. The van der Waals surface area contributed by atoms with Gasteiger partial charge >= 0.3 is 5.76 Å². The van der Waals surface area contributed by atoms with Gasteiger partial charge in [0.2, 0.25) is 0 Å². The average Bonchev–Trinajstić information content (AvgIpc) is 2.15. The SMILES string of the molecule is CC(CN(C)S(=O)(=O)C(F)F)C(N)=NO. The van der Waals surface area contributed by atoms with E-state index in [0.29, 0.717) is 4.31 Å². The van der Waals surface area contributed by atoms with Crippen LogP contribution >= 0.6 is 0 Å². The molecule has 9 heteroatoms. The molecule has 15 heavy (non-hydrogen) atoms. The Labute approximate surface area is 86.4 Å². The first-order chi connectivity index (χ1) is 6.73. The van der Waals surface area contributed by atoms with E-state index in [1.165, 1.54) is 6.92 Å². The minimum atomic E-state index is -4.61. The topological polar surface area (TPSA) is 96.0 Å². The van der Waals surface area contributed by atoms with Crippen LogP contribution in [0.5, 0.6) is 0 Å². The molecule has 3 N–H and O–H groups in total. The molecule has 0 saturated heterocycles. The van der Waals surface area contributed by atoms with E-state index < -0.39 is 21.7 Å². The van der Waals surface area contributed by atoms with Crippen LogP contribution in [0.3, 0.4) is 0 Å². The van der Waals surface area contributed by atoms with Crippen molar-refractivity contribution in [1.82, 2.24) is 4.31 Å². The highest BCUT2D eigenvalue weighted by Crippen LogP contribution is 2.11. The maximum Gasteiger partial charge on any atom is 0.350 e. The Balaban J connectivity index is 4.58. The molecule has 0 aliphatic rings. The molecule has 0 spiro atoms. The van der Waals surface area contributed by atoms with Gasteiger partial charge in [0, 0.05) is 19.5 Å². The number of halogens is 2. The molecule has 0 heterocycles. The van der Waals surface area contributed by atoms with E-state index in [-0.39, 0.29) is 12.4 Å². The van der Waals surface area contributed by atoms with Crippen molar-refractivity contribution in [3.8, 4) is 0 Å². The second kappa shape index (κ2) is 5.21. The summed E-state index contributed by atoms with van der Waals surface area (Å²) in [5.74, 6) is -4.33. The standard InChI is InChI=1S/C6H13F2N3O3S/c1-4(5(9)10-12)3-11(2)15(13,14)6(7)8/h4,6,12H,3H2,1-2H3,(H2,9,10). The Morgan fingerprint density at radius 3 is 2.40 bits per heavy atom. The van der Waals surface area contributed by atoms with Crippen molar-refractivity contribution in [3.05, 3.63) is 0 Å². The molecule has 0 amide bonds. The van der Waals surface area contributed by atoms with Crippen LogP contribution in [0, 0.1) is 5.92 Å². The van der Waals surface area contributed by atoms with Crippen molar-refractivity contribution in [2.75, 3.05) is 13.6 Å². The van der Waals surface area contributed by atoms with E-state index >= 15 is 0 Å². The lowest BCUT2D eigenvalue weighted by Gasteiger charge is -2.19. The first-order valence-corrected chi connectivity index (χ1v) is 5.44. The molecule has 0 radical (unpaired) electrons. The Kier molecular flexibility index (Phi) is 4.88. The largest absolute Gasteiger partial charge is 0.409 e. The number of nitrogens with zero attached hydrogens (tertiary/aromatic N) is 2. The van der Waals surface area contributed by atoms with Crippen molar-refractivity contribution >= 4 is 15.9 Å². The van der Waals surface area contributed by atoms with Crippen LogP contribution < -0.4 is 5.73 Å². The van der Waals surface area contributed by atoms with Gasteiger partial charge in [-0.15, -0.1) is 0 Å². The highest BCUT2D eigenvalue weighted by molar-refractivity contribution is 7.89. The summed E-state index contributed by atoms with van der Waals surface area (Å²) < 4.78 is 46.4. The molecule has 0 aliphatic carbocycles. The Hall–Kier alpha value is -0.960. The van der Waals surface area contributed by atoms with Gasteiger partial charge in [-0.05, 0) is 0 Å². The fourth-order valence-corrected chi connectivity index (χ4v) is 1.52. The highest BCUT2D eigenvalue weighted by Gasteiger charge is 2.30. The predicted octanol–water partition coefficient (Wildman–Crippen LogP) is -0.147. The minimum absolute atomic E-state index is 0.216. The van der Waals surface area contributed by atoms with Gasteiger partial charge in [-0.3, -0.25) is 0 Å². The van der Waals surface area contributed by atoms with Crippen LogP contribution in [0.2, 0.25) is 0 Å². The lowest BCUT2D eigenvalue weighted by molar-refractivity contribution is 0.221. The zero-order valence-corrected chi connectivity index (χ0v) is 9.08. The molecule has 0 saturated carbocycles. The van der Waals surface area contributed by atoms with E-state index in [9.17, 15) is 17.2 Å². The Bertz CT molecular complexity index is 331. The summed E-state index contributed by atoms with van der Waals surface area (Å²) >= 11 is 0. The second-order valence-electron chi connectivity index (χ2n) is 3.01. The number of oxime groups is 1. The molecule has 0 rings (SSSR count). The zero-order chi connectivity index (χ0) is 12.2. The Morgan fingerprint density at radius 1 is 1.60 bits per heavy atom. The first-order valence-electron chi connectivity index (χ1n) is 3.94. The molecular weight excluding hydrogens is 232 g/mol. The van der Waals surface area contributed by atoms with Gasteiger partial charge in [0.05, 0.1) is 0 Å². The molecule has 1 atom stereocenters. The lowest BCUT2D eigenvalue weighted by atomic mass is 10.2. The number of nitrogens with two attached hydrogens (primary N) is 1. The number of hydrogen-bond acceptors (Lipinski definition) is 4. The number of rotatable bonds is 5. The summed E-state index contributed by atoms with van der Waals surface area (Å²) in [5, 5.41) is 10.9. The quantitative estimate of drug-likeness (QED) is 0.305. The van der Waals surface area contributed by atoms with Gasteiger partial charge in [0.1, 0.15) is 5.84 Å². The van der Waals surface area contributed by atoms with Gasteiger partial charge in [0.25, 0.3) is 10.0 Å². The maximum absolute atomic E-state index is 12.1. The number of alkyl halides is 2. The summed E-state index contributed by atoms with van der Waals surface area (Å²) in [6.07, 6.45) is 0. The van der Waals surface area contributed by atoms with Gasteiger partial charge in [-0.1, -0.05) is 12.1 Å². The maximum atomic E-state index is 12.1. The van der Waals surface area contributed by atoms with Gasteiger partial charge in [0.15, 0.2) is 0 Å². The average molecular weight is 245 g/mol. The van der Waals surface area contributed by atoms with Crippen LogP contribution in [-0.4, -0.2) is 43.1 Å². The second-order valence-corrected chi connectivity index (χ2v) is 5.02. The summed E-state index contributed by atoms with van der Waals surface area (Å²) in [4.78, 5) is 0. The minimum Gasteiger partial charge on any atom is -0.409 e. The molecule has 6 nitrogen and oxygen atoms in total. The molecule has 0 aromatic rings. The van der Waals surface area contributed by atoms with Crippen LogP contribution in [0.25, 0.3) is 0 Å². The number of sulfonamides is 1. The highest BCUT2D eigenvalue weighted by atomic mass is 32.2. The molecule has 1 unspecified atom stereocenters. The molecule has 90 valence electrons. The van der Waals surface area contributed by atoms with E-state index in [1.807, 2.05) is 0 Å². The number of hydrogen-bond donors (Lipinski definition) is 2. The van der Waals surface area contributed by atoms with Gasteiger partial charge in [-0.25, -0.2) is 8.42 Å². The first kappa shape index (κ1) is 14.0. The molecule has 0 bridgehead atoms. The van der Waals surface area contributed by atoms with Crippen LogP contribution in [0.4, 0.5) is 8.78 Å². The van der Waals surface area contributed by atoms with Crippen molar-refractivity contribution in [2.24, 2.45) is 16.8 Å². The molecule has 0 aromatic carbocycles. The van der Waals surface area contributed by atoms with Crippen LogP contribution in [-0.2, 0) is 10.0 Å². The predicted molar refractivity (Wildman–Crippen MR) is 50.1 cm³/mol. The van der Waals surface area contributed by atoms with E-state index in [1.54, 1.807) is 0 Å². The lowest BCUT2D eigenvalue weighted by Crippen LogP contribution is -2.38. The van der Waals surface area contributed by atoms with E-state index in [0.717, 1.165) is 7.05 Å². The van der Waals surface area contributed by atoms with Crippen molar-refractivity contribution in [3.63, 3.8) is 0 Å². The third-order valence-electron chi connectivity index (χ3n) is 1.81. The van der Waals surface area contributed by atoms with Crippen molar-refractivity contribution in [1.29, 1.82) is 0 Å². The third-order valence-corrected chi connectivity index (χ3v) is 3.28.